The zero-order chi connectivity index (χ0) is 34.0. The maximum Gasteiger partial charge on any atom is 0.272 e. The average Bonchev–Trinajstić information content (AvgIpc) is 3.49. The lowest BCUT2D eigenvalue weighted by atomic mass is 10.0. The first-order valence-corrected chi connectivity index (χ1v) is 17.6. The topological polar surface area (TPSA) is 111 Å². The molecule has 0 aliphatic carbocycles. The van der Waals surface area contributed by atoms with Crippen molar-refractivity contribution in [1.82, 2.24) is 5.32 Å². The van der Waals surface area contributed by atoms with Gasteiger partial charge in [0, 0.05) is 31.6 Å². The molecule has 1 heterocycles. The molecule has 0 spiro atoms. The zero-order valence-corrected chi connectivity index (χ0v) is 29.3. The molecule has 0 fully saturated rings. The molecular weight excluding hydrogens is 704 g/mol. The highest BCUT2D eigenvalue weighted by atomic mass is 79.9. The second-order valence-electron chi connectivity index (χ2n) is 10.8. The minimum atomic E-state index is -0.502. The van der Waals surface area contributed by atoms with E-state index >= 15 is 0 Å². The number of nitrogens with one attached hydrogen (secondary N) is 3. The highest BCUT2D eigenvalue weighted by molar-refractivity contribution is 9.10. The van der Waals surface area contributed by atoms with Gasteiger partial charge in [0.1, 0.15) is 16.8 Å². The summed E-state index contributed by atoms with van der Waals surface area (Å²) >= 11 is 6.14. The summed E-state index contributed by atoms with van der Waals surface area (Å²) < 4.78 is 0.833. The van der Waals surface area contributed by atoms with Gasteiger partial charge >= 0.3 is 0 Å². The summed E-state index contributed by atoms with van der Waals surface area (Å²) in [5.41, 5.74) is 4.98. The van der Waals surface area contributed by atoms with Crippen LogP contribution >= 0.6 is 39.0 Å². The summed E-state index contributed by atoms with van der Waals surface area (Å²) in [6.45, 7) is 3.93. The van der Waals surface area contributed by atoms with E-state index in [0.29, 0.717) is 28.2 Å². The van der Waals surface area contributed by atoms with E-state index in [-0.39, 0.29) is 11.6 Å². The van der Waals surface area contributed by atoms with Crippen LogP contribution in [0.1, 0.15) is 40.4 Å². The number of hydrogen-bond acceptors (Lipinski definition) is 6. The van der Waals surface area contributed by atoms with E-state index in [1.54, 1.807) is 48.5 Å². The fourth-order valence-electron chi connectivity index (χ4n) is 4.74. The SMILES string of the molecule is CCC(Sc1cccc(NC(=O)/C(=C\c2cccc(Br)c2)NC(=O)c2ccccc2)c1)C(=O)Nc1scc(-c2ccc(C)cc2)c1C#N. The third-order valence-corrected chi connectivity index (χ3v) is 9.97. The van der Waals surface area contributed by atoms with Gasteiger partial charge in [0.05, 0.1) is 10.8 Å². The predicted molar refractivity (Wildman–Crippen MR) is 199 cm³/mol. The van der Waals surface area contributed by atoms with Gasteiger partial charge in [0.15, 0.2) is 0 Å². The van der Waals surface area contributed by atoms with E-state index in [9.17, 15) is 19.6 Å². The van der Waals surface area contributed by atoms with Crippen LogP contribution in [0.15, 0.2) is 124 Å². The molecule has 4 aromatic carbocycles. The number of carbonyl (C=O) groups excluding carboxylic acids is 3. The molecule has 1 aromatic heterocycles. The number of carbonyl (C=O) groups is 3. The Hall–Kier alpha value is -4.95. The van der Waals surface area contributed by atoms with Crippen LogP contribution in [0, 0.1) is 18.3 Å². The van der Waals surface area contributed by atoms with Crippen molar-refractivity contribution < 1.29 is 14.4 Å². The van der Waals surface area contributed by atoms with Gasteiger partial charge in [0.2, 0.25) is 5.91 Å². The monoisotopic (exact) mass is 734 g/mol. The molecule has 5 rings (SSSR count). The number of benzene rings is 4. The molecule has 0 bridgehead atoms. The fraction of sp³-hybridized carbons (Fsp3) is 0.105. The Morgan fingerprint density at radius 2 is 1.69 bits per heavy atom. The number of anilines is 2. The van der Waals surface area contributed by atoms with Crippen molar-refractivity contribution in [3.05, 3.63) is 141 Å². The highest BCUT2D eigenvalue weighted by Gasteiger charge is 2.22. The van der Waals surface area contributed by atoms with Crippen molar-refractivity contribution in [3.63, 3.8) is 0 Å². The van der Waals surface area contributed by atoms with Crippen molar-refractivity contribution in [2.24, 2.45) is 0 Å². The van der Waals surface area contributed by atoms with Crippen molar-refractivity contribution in [2.45, 2.75) is 30.4 Å². The summed E-state index contributed by atoms with van der Waals surface area (Å²) in [6.07, 6.45) is 2.15. The smallest absolute Gasteiger partial charge is 0.272 e. The largest absolute Gasteiger partial charge is 0.321 e. The summed E-state index contributed by atoms with van der Waals surface area (Å²) in [5.74, 6) is -1.13. The minimum absolute atomic E-state index is 0.0695. The molecule has 48 heavy (non-hydrogen) atoms. The number of hydrogen-bond donors (Lipinski definition) is 3. The number of thiophene rings is 1. The van der Waals surface area contributed by atoms with E-state index in [4.69, 9.17) is 0 Å². The molecule has 0 radical (unpaired) electrons. The van der Waals surface area contributed by atoms with Crippen LogP contribution in [0.4, 0.5) is 10.7 Å². The summed E-state index contributed by atoms with van der Waals surface area (Å²) in [4.78, 5) is 40.7. The Morgan fingerprint density at radius 3 is 2.40 bits per heavy atom. The van der Waals surface area contributed by atoms with Crippen LogP contribution < -0.4 is 16.0 Å². The van der Waals surface area contributed by atoms with Gasteiger partial charge in [-0.2, -0.15) is 5.26 Å². The van der Waals surface area contributed by atoms with Gasteiger partial charge in [-0.25, -0.2) is 0 Å². The van der Waals surface area contributed by atoms with Crippen LogP contribution in [-0.2, 0) is 9.59 Å². The third kappa shape index (κ3) is 8.89. The highest BCUT2D eigenvalue weighted by Crippen LogP contribution is 2.36. The van der Waals surface area contributed by atoms with Gasteiger partial charge in [-0.05, 0) is 73.0 Å². The quantitative estimate of drug-likeness (QED) is 0.0926. The van der Waals surface area contributed by atoms with Crippen LogP contribution in [-0.4, -0.2) is 23.0 Å². The lowest BCUT2D eigenvalue weighted by Gasteiger charge is -2.16. The molecule has 3 N–H and O–H groups in total. The molecule has 5 aromatic rings. The van der Waals surface area contributed by atoms with E-state index < -0.39 is 17.1 Å². The molecule has 10 heteroatoms. The fourth-order valence-corrected chi connectivity index (χ4v) is 7.09. The lowest BCUT2D eigenvalue weighted by molar-refractivity contribution is -0.116. The van der Waals surface area contributed by atoms with E-state index in [0.717, 1.165) is 31.6 Å². The molecule has 0 aliphatic heterocycles. The number of rotatable bonds is 11. The minimum Gasteiger partial charge on any atom is -0.321 e. The molecule has 3 amide bonds. The summed E-state index contributed by atoms with van der Waals surface area (Å²) in [6, 6.07) is 33.4. The van der Waals surface area contributed by atoms with E-state index in [1.807, 2.05) is 79.9 Å². The molecule has 0 aliphatic rings. The van der Waals surface area contributed by atoms with E-state index in [2.05, 4.69) is 37.9 Å². The Kier molecular flexibility index (Phi) is 11.6. The van der Waals surface area contributed by atoms with Gasteiger partial charge in [-0.1, -0.05) is 89.1 Å². The maximum absolute atomic E-state index is 13.5. The summed E-state index contributed by atoms with van der Waals surface area (Å²) in [5, 5.41) is 20.5. The molecule has 0 saturated carbocycles. The number of thioether (sulfide) groups is 1. The van der Waals surface area contributed by atoms with Gasteiger partial charge in [0.25, 0.3) is 11.8 Å². The molecule has 1 unspecified atom stereocenters. The van der Waals surface area contributed by atoms with Crippen LogP contribution in [0.2, 0.25) is 0 Å². The van der Waals surface area contributed by atoms with Crippen molar-refractivity contribution in [3.8, 4) is 17.2 Å². The second kappa shape index (κ2) is 16.2. The van der Waals surface area contributed by atoms with Crippen molar-refractivity contribution >= 4 is 73.5 Å². The van der Waals surface area contributed by atoms with Crippen molar-refractivity contribution in [2.75, 3.05) is 10.6 Å². The number of aryl methyl sites for hydroxylation is 1. The number of nitrogens with zero attached hydrogens (tertiary/aromatic N) is 1. The Labute approximate surface area is 296 Å². The first-order chi connectivity index (χ1) is 23.2. The van der Waals surface area contributed by atoms with Crippen LogP contribution in [0.3, 0.4) is 0 Å². The van der Waals surface area contributed by atoms with Crippen LogP contribution in [0.5, 0.6) is 0 Å². The number of halogens is 1. The normalized spacial score (nSPS) is 11.7. The van der Waals surface area contributed by atoms with Gasteiger partial charge in [-0.15, -0.1) is 23.1 Å². The molecule has 240 valence electrons. The van der Waals surface area contributed by atoms with Gasteiger partial charge < -0.3 is 16.0 Å². The predicted octanol–water partition coefficient (Wildman–Crippen LogP) is 9.28. The van der Waals surface area contributed by atoms with Crippen molar-refractivity contribution in [1.29, 1.82) is 5.26 Å². The first kappa shape index (κ1) is 34.4. The molecule has 7 nitrogen and oxygen atoms in total. The number of nitriles is 1. The molecule has 0 saturated heterocycles. The summed E-state index contributed by atoms with van der Waals surface area (Å²) in [7, 11) is 0. The Bertz CT molecular complexity index is 2020. The molecular formula is C38H31BrN4O3S2. The third-order valence-electron chi connectivity index (χ3n) is 7.22. The standard InChI is InChI=1S/C38H31BrN4O3S2/c1-3-34(37(46)43-38-31(22-40)32(23-47-38)26-17-15-24(2)16-18-26)48-30-14-8-13-29(21-30)41-36(45)33(20-25-9-7-12-28(39)19-25)42-35(44)27-10-5-4-6-11-27/h4-21,23,34H,3H2,1-2H3,(H,41,45)(H,42,44)(H,43,46)/b33-20+. The second-order valence-corrected chi connectivity index (χ2v) is 13.8. The average molecular weight is 736 g/mol. The zero-order valence-electron chi connectivity index (χ0n) is 26.1. The van der Waals surface area contributed by atoms with E-state index in [1.165, 1.54) is 23.1 Å². The number of amides is 3. The Morgan fingerprint density at radius 1 is 0.938 bits per heavy atom. The van der Waals surface area contributed by atoms with Gasteiger partial charge in [-0.3, -0.25) is 14.4 Å². The van der Waals surface area contributed by atoms with Crippen LogP contribution in [0.25, 0.3) is 17.2 Å². The maximum atomic E-state index is 13.5. The Balaban J connectivity index is 1.30. The molecule has 1 atom stereocenters. The first-order valence-electron chi connectivity index (χ1n) is 15.0. The lowest BCUT2D eigenvalue weighted by Crippen LogP contribution is -2.30.